The smallest absolute Gasteiger partial charge is 0.338 e. The van der Waals surface area contributed by atoms with Gasteiger partial charge in [0.25, 0.3) is 15.9 Å². The minimum atomic E-state index is -3.89. The van der Waals surface area contributed by atoms with E-state index in [9.17, 15) is 17.6 Å². The normalized spacial score (nSPS) is 11.2. The summed E-state index contributed by atoms with van der Waals surface area (Å²) in [6.45, 7) is 1.76. The molecule has 1 N–H and O–H groups in total. The van der Waals surface area contributed by atoms with Crippen LogP contribution in [0, 0.1) is 12.7 Å². The average molecular weight is 467 g/mol. The molecule has 0 aliphatic carbocycles. The van der Waals surface area contributed by atoms with Crippen LogP contribution in [0.4, 0.5) is 10.1 Å². The van der Waals surface area contributed by atoms with E-state index in [2.05, 4.69) is 14.9 Å². The Bertz CT molecular complexity index is 1370. The largest absolute Gasteiger partial charge is 0.452 e. The summed E-state index contributed by atoms with van der Waals surface area (Å²) in [5.41, 5.74) is 2.32. The number of benzene rings is 3. The van der Waals surface area contributed by atoms with Crippen molar-refractivity contribution in [2.45, 2.75) is 18.4 Å². The Labute approximate surface area is 189 Å². The van der Waals surface area contributed by atoms with Crippen LogP contribution in [0.25, 0.3) is 11.4 Å². The molecule has 0 atom stereocenters. The van der Waals surface area contributed by atoms with Gasteiger partial charge < -0.3 is 9.26 Å². The van der Waals surface area contributed by atoms with Crippen molar-refractivity contribution in [2.75, 3.05) is 4.72 Å². The van der Waals surface area contributed by atoms with Gasteiger partial charge in [0.1, 0.15) is 5.82 Å². The van der Waals surface area contributed by atoms with E-state index in [-0.39, 0.29) is 28.6 Å². The van der Waals surface area contributed by atoms with Crippen LogP contribution in [0.1, 0.15) is 21.8 Å². The summed E-state index contributed by atoms with van der Waals surface area (Å²) in [6.07, 6.45) is 0. The molecule has 0 aliphatic rings. The molecule has 4 aromatic rings. The number of hydrogen-bond acceptors (Lipinski definition) is 7. The molecule has 0 spiro atoms. The number of carbonyl (C=O) groups is 1. The predicted molar refractivity (Wildman–Crippen MR) is 117 cm³/mol. The maximum Gasteiger partial charge on any atom is 0.338 e. The van der Waals surface area contributed by atoms with Gasteiger partial charge >= 0.3 is 5.97 Å². The van der Waals surface area contributed by atoms with Gasteiger partial charge in [-0.1, -0.05) is 35.0 Å². The van der Waals surface area contributed by atoms with E-state index in [1.165, 1.54) is 24.3 Å². The minimum absolute atomic E-state index is 0.0862. The van der Waals surface area contributed by atoms with Gasteiger partial charge in [-0.3, -0.25) is 4.72 Å². The van der Waals surface area contributed by atoms with Crippen molar-refractivity contribution >= 4 is 21.7 Å². The van der Waals surface area contributed by atoms with Crippen LogP contribution < -0.4 is 4.72 Å². The van der Waals surface area contributed by atoms with Gasteiger partial charge in [-0.25, -0.2) is 17.6 Å². The zero-order valence-corrected chi connectivity index (χ0v) is 18.2. The van der Waals surface area contributed by atoms with E-state index in [1.807, 2.05) is 31.2 Å². The number of esters is 1. The standard InChI is InChI=1S/C23H18FN3O5S/c1-15-2-4-16(5-3-15)22-25-21(32-26-22)14-31-23(28)17-6-10-19(11-7-17)27-33(29,30)20-12-8-18(24)9-13-20/h2-13,27H,14H2,1H3. The number of aryl methyl sites for hydroxylation is 1. The maximum atomic E-state index is 13.0. The third-order valence-corrected chi connectivity index (χ3v) is 6.00. The Morgan fingerprint density at radius 3 is 2.33 bits per heavy atom. The second kappa shape index (κ2) is 9.21. The highest BCUT2D eigenvalue weighted by molar-refractivity contribution is 7.92. The van der Waals surface area contributed by atoms with Gasteiger partial charge in [-0.15, -0.1) is 0 Å². The van der Waals surface area contributed by atoms with Crippen LogP contribution in [0.5, 0.6) is 0 Å². The second-order valence-corrected chi connectivity index (χ2v) is 8.77. The molecule has 8 nitrogen and oxygen atoms in total. The summed E-state index contributed by atoms with van der Waals surface area (Å²) in [5, 5.41) is 3.88. The Morgan fingerprint density at radius 2 is 1.67 bits per heavy atom. The van der Waals surface area contributed by atoms with Crippen LogP contribution >= 0.6 is 0 Å². The zero-order valence-electron chi connectivity index (χ0n) is 17.4. The molecule has 0 saturated heterocycles. The number of aromatic nitrogens is 2. The zero-order chi connectivity index (χ0) is 23.4. The maximum absolute atomic E-state index is 13.0. The first-order chi connectivity index (χ1) is 15.8. The topological polar surface area (TPSA) is 111 Å². The third-order valence-electron chi connectivity index (χ3n) is 4.60. The van der Waals surface area contributed by atoms with E-state index < -0.39 is 21.8 Å². The molecule has 0 radical (unpaired) electrons. The molecule has 1 heterocycles. The Hall–Kier alpha value is -4.05. The van der Waals surface area contributed by atoms with Crippen molar-refractivity contribution in [3.05, 3.63) is 95.6 Å². The number of carbonyl (C=O) groups excluding carboxylic acids is 1. The summed E-state index contributed by atoms with van der Waals surface area (Å²) in [4.78, 5) is 16.4. The Balaban J connectivity index is 1.36. The highest BCUT2D eigenvalue weighted by atomic mass is 32.2. The lowest BCUT2D eigenvalue weighted by Gasteiger charge is -2.09. The first kappa shape index (κ1) is 22.2. The molecule has 3 aromatic carbocycles. The fourth-order valence-electron chi connectivity index (χ4n) is 2.85. The van der Waals surface area contributed by atoms with Crippen LogP contribution in [0.2, 0.25) is 0 Å². The highest BCUT2D eigenvalue weighted by Crippen LogP contribution is 2.19. The first-order valence-electron chi connectivity index (χ1n) is 9.75. The summed E-state index contributed by atoms with van der Waals surface area (Å²) in [6, 6.07) is 17.7. The van der Waals surface area contributed by atoms with Gasteiger partial charge in [0, 0.05) is 11.3 Å². The van der Waals surface area contributed by atoms with Crippen molar-refractivity contribution in [3.8, 4) is 11.4 Å². The number of rotatable bonds is 7. The molecule has 10 heteroatoms. The van der Waals surface area contributed by atoms with Gasteiger partial charge in [-0.05, 0) is 55.5 Å². The van der Waals surface area contributed by atoms with Crippen LogP contribution in [0.15, 0.2) is 82.2 Å². The lowest BCUT2D eigenvalue weighted by molar-refractivity contribution is 0.0430. The van der Waals surface area contributed by atoms with Gasteiger partial charge in [0.15, 0.2) is 6.61 Å². The van der Waals surface area contributed by atoms with Crippen LogP contribution in [0.3, 0.4) is 0 Å². The van der Waals surface area contributed by atoms with E-state index in [0.29, 0.717) is 5.82 Å². The molecule has 0 aliphatic heterocycles. The number of ether oxygens (including phenoxy) is 1. The van der Waals surface area contributed by atoms with Gasteiger partial charge in [0.05, 0.1) is 10.5 Å². The fraction of sp³-hybridized carbons (Fsp3) is 0.0870. The molecule has 0 bridgehead atoms. The molecule has 1 aromatic heterocycles. The molecule has 0 saturated carbocycles. The summed E-state index contributed by atoms with van der Waals surface area (Å²) in [7, 11) is -3.89. The lowest BCUT2D eigenvalue weighted by Crippen LogP contribution is -2.13. The van der Waals surface area contributed by atoms with Crippen molar-refractivity contribution in [1.82, 2.24) is 10.1 Å². The molecular formula is C23H18FN3O5S. The number of halogens is 1. The van der Waals surface area contributed by atoms with Crippen molar-refractivity contribution < 1.29 is 26.9 Å². The molecule has 33 heavy (non-hydrogen) atoms. The minimum Gasteiger partial charge on any atom is -0.452 e. The number of anilines is 1. The summed E-state index contributed by atoms with van der Waals surface area (Å²) < 4.78 is 50.4. The second-order valence-electron chi connectivity index (χ2n) is 7.09. The molecule has 0 amide bonds. The number of nitrogens with one attached hydrogen (secondary N) is 1. The van der Waals surface area contributed by atoms with E-state index in [1.54, 1.807) is 0 Å². The van der Waals surface area contributed by atoms with Gasteiger partial charge in [0.2, 0.25) is 5.82 Å². The number of sulfonamides is 1. The third kappa shape index (κ3) is 5.42. The highest BCUT2D eigenvalue weighted by Gasteiger charge is 2.16. The van der Waals surface area contributed by atoms with Crippen molar-refractivity contribution in [2.24, 2.45) is 0 Å². The van der Waals surface area contributed by atoms with E-state index >= 15 is 0 Å². The monoisotopic (exact) mass is 467 g/mol. The lowest BCUT2D eigenvalue weighted by atomic mass is 10.1. The molecular weight excluding hydrogens is 449 g/mol. The summed E-state index contributed by atoms with van der Waals surface area (Å²) >= 11 is 0. The number of nitrogens with zero attached hydrogens (tertiary/aromatic N) is 2. The Kier molecular flexibility index (Phi) is 6.18. The molecule has 4 rings (SSSR count). The molecule has 168 valence electrons. The quantitative estimate of drug-likeness (QED) is 0.402. The number of hydrogen-bond donors (Lipinski definition) is 1. The average Bonchev–Trinajstić information content (AvgIpc) is 3.27. The van der Waals surface area contributed by atoms with Crippen LogP contribution in [-0.2, 0) is 21.4 Å². The Morgan fingerprint density at radius 1 is 1.00 bits per heavy atom. The van der Waals surface area contributed by atoms with Gasteiger partial charge in [-0.2, -0.15) is 4.98 Å². The van der Waals surface area contributed by atoms with E-state index in [0.717, 1.165) is 35.4 Å². The van der Waals surface area contributed by atoms with Crippen molar-refractivity contribution in [1.29, 1.82) is 0 Å². The predicted octanol–water partition coefficient (Wildman–Crippen LogP) is 4.34. The molecule has 0 fully saturated rings. The van der Waals surface area contributed by atoms with E-state index in [4.69, 9.17) is 9.26 Å². The SMILES string of the molecule is Cc1ccc(-c2noc(COC(=O)c3ccc(NS(=O)(=O)c4ccc(F)cc4)cc3)n2)cc1. The molecule has 0 unspecified atom stereocenters. The fourth-order valence-corrected chi connectivity index (χ4v) is 3.90. The summed E-state index contributed by atoms with van der Waals surface area (Å²) in [5.74, 6) is -0.650. The van der Waals surface area contributed by atoms with Crippen LogP contribution in [-0.4, -0.2) is 24.5 Å². The van der Waals surface area contributed by atoms with Crippen molar-refractivity contribution in [3.63, 3.8) is 0 Å². The first-order valence-corrected chi connectivity index (χ1v) is 11.2.